The third kappa shape index (κ3) is 4.70. The van der Waals surface area contributed by atoms with Crippen molar-refractivity contribution in [3.8, 4) is 0 Å². The molecule has 2 aromatic carbocycles. The zero-order valence-electron chi connectivity index (χ0n) is 13.6. The highest BCUT2D eigenvalue weighted by molar-refractivity contribution is 5.94. The van der Waals surface area contributed by atoms with Crippen molar-refractivity contribution >= 4 is 11.9 Å². The van der Waals surface area contributed by atoms with Gasteiger partial charge in [-0.15, -0.1) is 0 Å². The number of rotatable bonds is 5. The summed E-state index contributed by atoms with van der Waals surface area (Å²) in [7, 11) is 0. The molecule has 1 nitrogen and oxygen atoms in total. The van der Waals surface area contributed by atoms with Crippen LogP contribution in [0, 0.1) is 5.41 Å². The van der Waals surface area contributed by atoms with Crippen LogP contribution < -0.4 is 0 Å². The van der Waals surface area contributed by atoms with Crippen LogP contribution in [-0.4, -0.2) is 5.78 Å². The van der Waals surface area contributed by atoms with Crippen LogP contribution in [-0.2, 0) is 4.79 Å². The summed E-state index contributed by atoms with van der Waals surface area (Å²) in [5.74, 6) is 0.397. The van der Waals surface area contributed by atoms with Crippen LogP contribution in [0.15, 0.2) is 66.7 Å². The van der Waals surface area contributed by atoms with Crippen LogP contribution in [0.25, 0.3) is 6.08 Å². The van der Waals surface area contributed by atoms with Gasteiger partial charge < -0.3 is 0 Å². The summed E-state index contributed by atoms with van der Waals surface area (Å²) < 4.78 is 0. The molecule has 22 heavy (non-hydrogen) atoms. The van der Waals surface area contributed by atoms with E-state index < -0.39 is 0 Å². The van der Waals surface area contributed by atoms with Crippen LogP contribution in [0.3, 0.4) is 0 Å². The molecule has 1 atom stereocenters. The van der Waals surface area contributed by atoms with Gasteiger partial charge in [0.15, 0.2) is 5.78 Å². The summed E-state index contributed by atoms with van der Waals surface area (Å²) in [5.41, 5.74) is 2.34. The Labute approximate surface area is 133 Å². The molecule has 0 amide bonds. The quantitative estimate of drug-likeness (QED) is 0.666. The highest BCUT2D eigenvalue weighted by atomic mass is 16.1. The smallest absolute Gasteiger partial charge is 0.156 e. The highest BCUT2D eigenvalue weighted by Crippen LogP contribution is 2.37. The van der Waals surface area contributed by atoms with Gasteiger partial charge in [0, 0.05) is 6.42 Å². The van der Waals surface area contributed by atoms with Crippen molar-refractivity contribution < 1.29 is 4.79 Å². The fourth-order valence-electron chi connectivity index (χ4n) is 2.63. The van der Waals surface area contributed by atoms with Gasteiger partial charge in [0.05, 0.1) is 0 Å². The second kappa shape index (κ2) is 7.22. The van der Waals surface area contributed by atoms with Gasteiger partial charge >= 0.3 is 0 Å². The van der Waals surface area contributed by atoms with Gasteiger partial charge in [-0.2, -0.15) is 0 Å². The molecule has 0 aliphatic heterocycles. The van der Waals surface area contributed by atoms with Crippen molar-refractivity contribution in [2.75, 3.05) is 0 Å². The molecule has 0 aliphatic rings. The zero-order valence-corrected chi connectivity index (χ0v) is 13.6. The largest absolute Gasteiger partial charge is 0.295 e. The number of carbonyl (C=O) groups excluding carboxylic acids is 1. The Morgan fingerprint density at radius 2 is 1.50 bits per heavy atom. The van der Waals surface area contributed by atoms with Gasteiger partial charge in [0.1, 0.15) is 0 Å². The normalized spacial score (nSPS) is 13.2. The minimum Gasteiger partial charge on any atom is -0.295 e. The van der Waals surface area contributed by atoms with E-state index in [9.17, 15) is 4.79 Å². The lowest BCUT2D eigenvalue weighted by Gasteiger charge is -2.30. The Morgan fingerprint density at radius 3 is 2.05 bits per heavy atom. The maximum absolute atomic E-state index is 12.4. The maximum Gasteiger partial charge on any atom is 0.156 e. The Balaban J connectivity index is 2.11. The fraction of sp³-hybridized carbons (Fsp3) is 0.286. The molecule has 0 radical (unpaired) electrons. The topological polar surface area (TPSA) is 17.1 Å². The molecule has 0 saturated carbocycles. The number of hydrogen-bond acceptors (Lipinski definition) is 1. The van der Waals surface area contributed by atoms with Crippen molar-refractivity contribution in [1.29, 1.82) is 0 Å². The Morgan fingerprint density at radius 1 is 0.955 bits per heavy atom. The van der Waals surface area contributed by atoms with Gasteiger partial charge in [-0.25, -0.2) is 0 Å². The Hall–Kier alpha value is -2.15. The van der Waals surface area contributed by atoms with Crippen LogP contribution in [0.1, 0.15) is 44.2 Å². The van der Waals surface area contributed by atoms with E-state index in [-0.39, 0.29) is 17.1 Å². The van der Waals surface area contributed by atoms with Crippen LogP contribution in [0.5, 0.6) is 0 Å². The molecule has 114 valence electrons. The van der Waals surface area contributed by atoms with E-state index in [4.69, 9.17) is 0 Å². The number of allylic oxidation sites excluding steroid dienone is 1. The second-order valence-electron chi connectivity index (χ2n) is 6.74. The predicted molar refractivity (Wildman–Crippen MR) is 93.7 cm³/mol. The molecular formula is C21H24O. The Bertz CT molecular complexity index is 618. The molecule has 0 bridgehead atoms. The lowest BCUT2D eigenvalue weighted by atomic mass is 9.74. The van der Waals surface area contributed by atoms with Crippen LogP contribution >= 0.6 is 0 Å². The van der Waals surface area contributed by atoms with Crippen molar-refractivity contribution in [3.63, 3.8) is 0 Å². The first-order chi connectivity index (χ1) is 10.5. The molecule has 0 aromatic heterocycles. The molecule has 0 fully saturated rings. The van der Waals surface area contributed by atoms with Crippen molar-refractivity contribution in [1.82, 2.24) is 0 Å². The van der Waals surface area contributed by atoms with Crippen molar-refractivity contribution in [3.05, 3.63) is 77.9 Å². The monoisotopic (exact) mass is 292 g/mol. The first-order valence-corrected chi connectivity index (χ1v) is 7.78. The molecule has 0 spiro atoms. The molecule has 2 rings (SSSR count). The lowest BCUT2D eigenvalue weighted by Crippen LogP contribution is -2.21. The summed E-state index contributed by atoms with van der Waals surface area (Å²) in [6.45, 7) is 6.58. The summed E-state index contributed by atoms with van der Waals surface area (Å²) in [4.78, 5) is 12.4. The first-order valence-electron chi connectivity index (χ1n) is 7.78. The van der Waals surface area contributed by atoms with Crippen molar-refractivity contribution in [2.45, 2.75) is 33.1 Å². The van der Waals surface area contributed by atoms with Gasteiger partial charge in [0.2, 0.25) is 0 Å². The van der Waals surface area contributed by atoms with E-state index in [1.807, 2.05) is 54.6 Å². The van der Waals surface area contributed by atoms with Crippen LogP contribution in [0.2, 0.25) is 0 Å². The third-order valence-corrected chi connectivity index (χ3v) is 3.91. The molecule has 1 heteroatoms. The molecule has 0 N–H and O–H groups in total. The maximum atomic E-state index is 12.4. The minimum atomic E-state index is 0.0532. The predicted octanol–water partition coefficient (Wildman–Crippen LogP) is 5.49. The van der Waals surface area contributed by atoms with E-state index in [0.717, 1.165) is 5.56 Å². The molecule has 2 aromatic rings. The molecule has 0 aliphatic carbocycles. The standard InChI is InChI=1S/C21H24O/c1-21(2,3)20(18-12-8-5-9-13-18)16-19(22)15-14-17-10-6-4-7-11-17/h4-15,20H,16H2,1-3H3/b15-14+. The van der Waals surface area contributed by atoms with Gasteiger partial charge in [-0.1, -0.05) is 87.5 Å². The SMILES string of the molecule is CC(C)(C)C(CC(=O)/C=C/c1ccccc1)c1ccccc1. The average molecular weight is 292 g/mol. The number of carbonyl (C=O) groups is 1. The van der Waals surface area contributed by atoms with Crippen molar-refractivity contribution in [2.24, 2.45) is 5.41 Å². The second-order valence-corrected chi connectivity index (χ2v) is 6.74. The molecule has 0 saturated heterocycles. The van der Waals surface area contributed by atoms with E-state index in [0.29, 0.717) is 6.42 Å². The number of ketones is 1. The molecule has 0 heterocycles. The van der Waals surface area contributed by atoms with Gasteiger partial charge in [-0.3, -0.25) is 4.79 Å². The summed E-state index contributed by atoms with van der Waals surface area (Å²) in [5, 5.41) is 0. The van der Waals surface area contributed by atoms with E-state index in [1.165, 1.54) is 5.56 Å². The molecule has 1 unspecified atom stereocenters. The number of hydrogen-bond donors (Lipinski definition) is 0. The van der Waals surface area contributed by atoms with E-state index in [1.54, 1.807) is 6.08 Å². The fourth-order valence-corrected chi connectivity index (χ4v) is 2.63. The van der Waals surface area contributed by atoms with E-state index >= 15 is 0 Å². The lowest BCUT2D eigenvalue weighted by molar-refractivity contribution is -0.115. The molecular weight excluding hydrogens is 268 g/mol. The average Bonchev–Trinajstić information content (AvgIpc) is 2.51. The van der Waals surface area contributed by atoms with Crippen LogP contribution in [0.4, 0.5) is 0 Å². The number of benzene rings is 2. The minimum absolute atomic E-state index is 0.0532. The summed E-state index contributed by atoms with van der Waals surface area (Å²) in [6, 6.07) is 20.3. The Kier molecular flexibility index (Phi) is 5.32. The third-order valence-electron chi connectivity index (χ3n) is 3.91. The first kappa shape index (κ1) is 16.2. The highest BCUT2D eigenvalue weighted by Gasteiger charge is 2.27. The summed E-state index contributed by atoms with van der Waals surface area (Å²) >= 11 is 0. The van der Waals surface area contributed by atoms with Gasteiger partial charge in [-0.05, 0) is 28.5 Å². The van der Waals surface area contributed by atoms with E-state index in [2.05, 4.69) is 32.9 Å². The summed E-state index contributed by atoms with van der Waals surface area (Å²) in [6.07, 6.45) is 4.14. The zero-order chi connectivity index (χ0) is 16.0. The van der Waals surface area contributed by atoms with Gasteiger partial charge in [0.25, 0.3) is 0 Å².